The van der Waals surface area contributed by atoms with Crippen LogP contribution < -0.4 is 5.32 Å². The summed E-state index contributed by atoms with van der Waals surface area (Å²) in [5.41, 5.74) is 3.61. The van der Waals surface area contributed by atoms with Crippen LogP contribution in [0.4, 0.5) is 0 Å². The maximum Gasteiger partial charge on any atom is 0.268 e. The Morgan fingerprint density at radius 1 is 1.33 bits per heavy atom. The Morgan fingerprint density at radius 2 is 2.12 bits per heavy atom. The lowest BCUT2D eigenvalue weighted by Crippen LogP contribution is -2.34. The van der Waals surface area contributed by atoms with Gasteiger partial charge < -0.3 is 19.8 Å². The fraction of sp³-hybridized carbons (Fsp3) is 0.316. The zero-order chi connectivity index (χ0) is 17.3. The van der Waals surface area contributed by atoms with E-state index in [1.54, 1.807) is 12.1 Å². The van der Waals surface area contributed by atoms with Gasteiger partial charge in [0.1, 0.15) is 17.6 Å². The van der Waals surface area contributed by atoms with Gasteiger partial charge in [-0.15, -0.1) is 0 Å². The van der Waals surface area contributed by atoms with Crippen LogP contribution in [-0.2, 0) is 0 Å². The van der Waals surface area contributed by atoms with E-state index >= 15 is 0 Å². The van der Waals surface area contributed by atoms with Crippen LogP contribution in [-0.4, -0.2) is 22.0 Å². The van der Waals surface area contributed by atoms with Crippen LogP contribution >= 0.6 is 0 Å². The van der Waals surface area contributed by atoms with Gasteiger partial charge in [0.2, 0.25) is 0 Å². The van der Waals surface area contributed by atoms with E-state index in [0.717, 1.165) is 22.0 Å². The molecule has 2 atom stereocenters. The topological polar surface area (TPSA) is 78.3 Å². The number of aromatic nitrogens is 1. The summed E-state index contributed by atoms with van der Waals surface area (Å²) in [6.07, 6.45) is 1.18. The fourth-order valence-electron chi connectivity index (χ4n) is 2.95. The number of H-pyrrole nitrogens is 1. The van der Waals surface area contributed by atoms with Gasteiger partial charge in [0.25, 0.3) is 5.91 Å². The molecule has 0 aliphatic carbocycles. The van der Waals surface area contributed by atoms with Crippen LogP contribution in [0.1, 0.15) is 46.8 Å². The third-order valence-corrected chi connectivity index (χ3v) is 4.27. The summed E-state index contributed by atoms with van der Waals surface area (Å²) in [5, 5.41) is 14.1. The Bertz CT molecular complexity index is 849. The normalized spacial score (nSPS) is 13.8. The summed E-state index contributed by atoms with van der Waals surface area (Å²) in [7, 11) is 0. The molecule has 0 saturated heterocycles. The summed E-state index contributed by atoms with van der Waals surface area (Å²) in [4.78, 5) is 15.7. The van der Waals surface area contributed by atoms with E-state index in [2.05, 4.69) is 16.4 Å². The Kier molecular flexibility index (Phi) is 4.44. The van der Waals surface area contributed by atoms with Crippen LogP contribution in [0.25, 0.3) is 10.9 Å². The first kappa shape index (κ1) is 16.3. The van der Waals surface area contributed by atoms with Gasteiger partial charge in [-0.2, -0.15) is 0 Å². The van der Waals surface area contributed by atoms with Crippen LogP contribution in [0, 0.1) is 13.8 Å². The second kappa shape index (κ2) is 6.53. The molecule has 0 radical (unpaired) electrons. The molecule has 24 heavy (non-hydrogen) atoms. The first-order valence-electron chi connectivity index (χ1n) is 8.07. The zero-order valence-corrected chi connectivity index (χ0v) is 14.1. The van der Waals surface area contributed by atoms with Crippen molar-refractivity contribution in [1.29, 1.82) is 0 Å². The summed E-state index contributed by atoms with van der Waals surface area (Å²) in [6, 6.07) is 9.34. The molecular formula is C19H22N2O3. The molecule has 3 aromatic rings. The van der Waals surface area contributed by atoms with Gasteiger partial charge in [-0.25, -0.2) is 0 Å². The smallest absolute Gasteiger partial charge is 0.268 e. The van der Waals surface area contributed by atoms with Crippen molar-refractivity contribution < 1.29 is 14.3 Å². The van der Waals surface area contributed by atoms with Crippen molar-refractivity contribution in [3.8, 4) is 0 Å². The molecule has 126 valence electrons. The molecule has 1 aromatic carbocycles. The Labute approximate surface area is 140 Å². The number of nitrogens with one attached hydrogen (secondary N) is 2. The lowest BCUT2D eigenvalue weighted by atomic mass is 10.1. The molecule has 2 aromatic heterocycles. The van der Waals surface area contributed by atoms with Crippen LogP contribution in [0.15, 0.2) is 41.0 Å². The van der Waals surface area contributed by atoms with Crippen molar-refractivity contribution in [1.82, 2.24) is 10.3 Å². The standard InChI is InChI=1S/C19H22N2O3/c1-11-6-7-15-14(9-11)13(3)18(21-15)19(23)20-12(2)10-16(22)17-5-4-8-24-17/h4-9,12,16,21-22H,10H2,1-3H3,(H,20,23). The quantitative estimate of drug-likeness (QED) is 0.670. The number of hydrogen-bond donors (Lipinski definition) is 3. The maximum atomic E-state index is 12.6. The van der Waals surface area contributed by atoms with Crippen molar-refractivity contribution in [2.24, 2.45) is 0 Å². The number of amides is 1. The third kappa shape index (κ3) is 3.21. The molecule has 5 nitrogen and oxygen atoms in total. The number of aliphatic hydroxyl groups is 1. The lowest BCUT2D eigenvalue weighted by Gasteiger charge is -2.16. The predicted octanol–water partition coefficient (Wildman–Crippen LogP) is 3.62. The highest BCUT2D eigenvalue weighted by Gasteiger charge is 2.19. The van der Waals surface area contributed by atoms with Crippen LogP contribution in [0.5, 0.6) is 0 Å². The number of furan rings is 1. The molecule has 0 bridgehead atoms. The minimum Gasteiger partial charge on any atom is -0.467 e. The van der Waals surface area contributed by atoms with Crippen molar-refractivity contribution in [2.45, 2.75) is 39.3 Å². The van der Waals surface area contributed by atoms with E-state index in [4.69, 9.17) is 4.42 Å². The molecule has 2 heterocycles. The molecule has 0 saturated carbocycles. The molecule has 0 fully saturated rings. The maximum absolute atomic E-state index is 12.6. The number of carbonyl (C=O) groups is 1. The number of carbonyl (C=O) groups excluding carboxylic acids is 1. The second-order valence-electron chi connectivity index (χ2n) is 6.32. The fourth-order valence-corrected chi connectivity index (χ4v) is 2.95. The zero-order valence-electron chi connectivity index (χ0n) is 14.1. The molecule has 3 rings (SSSR count). The number of hydrogen-bond acceptors (Lipinski definition) is 3. The third-order valence-electron chi connectivity index (χ3n) is 4.27. The van der Waals surface area contributed by atoms with Gasteiger partial charge in [-0.1, -0.05) is 11.6 Å². The summed E-state index contributed by atoms with van der Waals surface area (Å²) < 4.78 is 5.19. The monoisotopic (exact) mass is 326 g/mol. The van der Waals surface area contributed by atoms with E-state index in [1.165, 1.54) is 6.26 Å². The largest absolute Gasteiger partial charge is 0.467 e. The van der Waals surface area contributed by atoms with Crippen LogP contribution in [0.2, 0.25) is 0 Å². The van der Waals surface area contributed by atoms with Gasteiger partial charge in [-0.05, 0) is 50.6 Å². The minimum absolute atomic E-state index is 0.166. The molecular weight excluding hydrogens is 304 g/mol. The highest BCUT2D eigenvalue weighted by atomic mass is 16.4. The summed E-state index contributed by atoms with van der Waals surface area (Å²) in [5.74, 6) is 0.342. The number of aromatic amines is 1. The molecule has 1 amide bonds. The highest BCUT2D eigenvalue weighted by Crippen LogP contribution is 2.23. The molecule has 0 aliphatic rings. The average Bonchev–Trinajstić information content (AvgIpc) is 3.16. The second-order valence-corrected chi connectivity index (χ2v) is 6.32. The first-order chi connectivity index (χ1) is 11.5. The number of aryl methyl sites for hydroxylation is 2. The van der Waals surface area contributed by atoms with Crippen LogP contribution in [0.3, 0.4) is 0 Å². The SMILES string of the molecule is Cc1ccc2[nH]c(C(=O)NC(C)CC(O)c3ccco3)c(C)c2c1. The Hall–Kier alpha value is -2.53. The Balaban J connectivity index is 1.71. The van der Waals surface area contributed by atoms with E-state index in [9.17, 15) is 9.90 Å². The number of rotatable bonds is 5. The number of aliphatic hydroxyl groups excluding tert-OH is 1. The molecule has 0 spiro atoms. The molecule has 2 unspecified atom stereocenters. The number of fused-ring (bicyclic) bond motifs is 1. The molecule has 3 N–H and O–H groups in total. The average molecular weight is 326 g/mol. The van der Waals surface area contributed by atoms with E-state index in [-0.39, 0.29) is 11.9 Å². The number of benzene rings is 1. The molecule has 5 heteroatoms. The summed E-state index contributed by atoms with van der Waals surface area (Å²) in [6.45, 7) is 5.84. The molecule has 0 aliphatic heterocycles. The van der Waals surface area contributed by atoms with E-state index < -0.39 is 6.10 Å². The van der Waals surface area contributed by atoms with Gasteiger partial charge in [-0.3, -0.25) is 4.79 Å². The van der Waals surface area contributed by atoms with Gasteiger partial charge in [0, 0.05) is 23.4 Å². The van der Waals surface area contributed by atoms with Gasteiger partial charge in [0.05, 0.1) is 6.26 Å². The van der Waals surface area contributed by atoms with Crippen molar-refractivity contribution in [3.05, 3.63) is 59.2 Å². The predicted molar refractivity (Wildman–Crippen MR) is 93.0 cm³/mol. The van der Waals surface area contributed by atoms with E-state index in [0.29, 0.717) is 17.9 Å². The van der Waals surface area contributed by atoms with Crippen molar-refractivity contribution in [3.63, 3.8) is 0 Å². The van der Waals surface area contributed by atoms with E-state index in [1.807, 2.05) is 32.9 Å². The van der Waals surface area contributed by atoms with Gasteiger partial charge >= 0.3 is 0 Å². The highest BCUT2D eigenvalue weighted by molar-refractivity contribution is 6.01. The van der Waals surface area contributed by atoms with Crippen molar-refractivity contribution >= 4 is 16.8 Å². The minimum atomic E-state index is -0.734. The first-order valence-corrected chi connectivity index (χ1v) is 8.07. The van der Waals surface area contributed by atoms with Crippen molar-refractivity contribution in [2.75, 3.05) is 0 Å². The Morgan fingerprint density at radius 3 is 2.83 bits per heavy atom. The summed E-state index contributed by atoms with van der Waals surface area (Å²) >= 11 is 0. The lowest BCUT2D eigenvalue weighted by molar-refractivity contribution is 0.0898. The van der Waals surface area contributed by atoms with Gasteiger partial charge in [0.15, 0.2) is 0 Å².